The summed E-state index contributed by atoms with van der Waals surface area (Å²) >= 11 is 0. The molecule has 0 aliphatic carbocycles. The van der Waals surface area contributed by atoms with Gasteiger partial charge in [0.2, 0.25) is 0 Å². The van der Waals surface area contributed by atoms with Crippen molar-refractivity contribution >= 4 is 23.9 Å². The number of hydrogen-bond donors (Lipinski definition) is 5. The molecule has 0 atom stereocenters. The third-order valence-electron chi connectivity index (χ3n) is 0.698. The number of rotatable bonds is 4. The van der Waals surface area contributed by atoms with E-state index >= 15 is 0 Å². The maximum absolute atomic E-state index is 9.25. The van der Waals surface area contributed by atoms with Crippen molar-refractivity contribution in [2.45, 2.75) is 6.92 Å². The van der Waals surface area contributed by atoms with E-state index < -0.39 is 23.9 Å². The Kier molecular flexibility index (Phi) is 43.4. The first-order valence-corrected chi connectivity index (χ1v) is 5.52. The van der Waals surface area contributed by atoms with Crippen molar-refractivity contribution in [1.82, 2.24) is 0 Å². The van der Waals surface area contributed by atoms with Crippen molar-refractivity contribution in [2.24, 2.45) is 0 Å². The second-order valence-electron chi connectivity index (χ2n) is 2.49. The fraction of sp³-hybridized carbons (Fsp3) is 0.143. The van der Waals surface area contributed by atoms with Gasteiger partial charge in [0.25, 0.3) is 0 Å². The molecule has 0 aromatic rings. The fourth-order valence-electron chi connectivity index (χ4n) is 0. The van der Waals surface area contributed by atoms with Crippen molar-refractivity contribution in [1.29, 1.82) is 0 Å². The first-order chi connectivity index (χ1) is 10.5. The molecule has 0 aromatic carbocycles. The van der Waals surface area contributed by atoms with E-state index in [0.29, 0.717) is 0 Å². The molecule has 0 bridgehead atoms. The fourth-order valence-corrected chi connectivity index (χ4v) is 0. The predicted octanol–water partition coefficient (Wildman–Crippen LogP) is 1.03. The van der Waals surface area contributed by atoms with Crippen molar-refractivity contribution in [3.05, 3.63) is 50.6 Å². The van der Waals surface area contributed by atoms with E-state index in [1.807, 2.05) is 0 Å². The Labute approximate surface area is 133 Å². The highest BCUT2D eigenvalue weighted by atomic mass is 16.4. The van der Waals surface area contributed by atoms with Gasteiger partial charge in [-0.05, 0) is 6.92 Å². The molecule has 5 N–H and O–H groups in total. The van der Waals surface area contributed by atoms with Gasteiger partial charge in [0, 0.05) is 30.9 Å². The number of aliphatic carboxylic acids is 4. The SMILES string of the molecule is C=CC(=O)O.C=CC(=O)O.C=CC(=O)O.C=CC(=O)O.CCO. The van der Waals surface area contributed by atoms with Gasteiger partial charge in [0.1, 0.15) is 0 Å². The second kappa shape index (κ2) is 31.3. The molecule has 23 heavy (non-hydrogen) atoms. The van der Waals surface area contributed by atoms with Crippen LogP contribution in [0.2, 0.25) is 0 Å². The van der Waals surface area contributed by atoms with E-state index in [-0.39, 0.29) is 6.61 Å². The van der Waals surface area contributed by atoms with Crippen LogP contribution in [-0.2, 0) is 19.2 Å². The van der Waals surface area contributed by atoms with Crippen molar-refractivity contribution in [3.8, 4) is 0 Å². The smallest absolute Gasteiger partial charge is 0.327 e. The summed E-state index contributed by atoms with van der Waals surface area (Å²) in [6, 6.07) is 0. The van der Waals surface area contributed by atoms with Gasteiger partial charge in [-0.25, -0.2) is 19.2 Å². The summed E-state index contributed by atoms with van der Waals surface area (Å²) in [5.41, 5.74) is 0. The Bertz CT molecular complexity index is 312. The maximum atomic E-state index is 9.25. The monoisotopic (exact) mass is 334 g/mol. The van der Waals surface area contributed by atoms with Crippen LogP contribution in [0.25, 0.3) is 0 Å². The van der Waals surface area contributed by atoms with Crippen LogP contribution in [-0.4, -0.2) is 56.0 Å². The van der Waals surface area contributed by atoms with Crippen molar-refractivity contribution in [2.75, 3.05) is 6.61 Å². The molecule has 9 nitrogen and oxygen atoms in total. The molecule has 9 heteroatoms. The Morgan fingerprint density at radius 2 is 0.696 bits per heavy atom. The van der Waals surface area contributed by atoms with E-state index in [1.165, 1.54) is 0 Å². The minimum atomic E-state index is -0.981. The summed E-state index contributed by atoms with van der Waals surface area (Å²) in [6.45, 7) is 13.8. The Balaban J connectivity index is -0.0000000593. The van der Waals surface area contributed by atoms with Gasteiger partial charge in [-0.3, -0.25) is 0 Å². The molecule has 0 aromatic heterocycles. The van der Waals surface area contributed by atoms with Crippen LogP contribution in [0.15, 0.2) is 50.6 Å². The Hall–Kier alpha value is -3.20. The lowest BCUT2D eigenvalue weighted by Gasteiger charge is -1.64. The summed E-state index contributed by atoms with van der Waals surface area (Å²) in [7, 11) is 0. The number of carbonyl (C=O) groups is 4. The highest BCUT2D eigenvalue weighted by Crippen LogP contribution is 1.56. The summed E-state index contributed by atoms with van der Waals surface area (Å²) < 4.78 is 0. The largest absolute Gasteiger partial charge is 0.478 e. The summed E-state index contributed by atoms with van der Waals surface area (Å²) in [5, 5.41) is 38.0. The van der Waals surface area contributed by atoms with Crippen LogP contribution >= 0.6 is 0 Å². The van der Waals surface area contributed by atoms with Gasteiger partial charge in [-0.2, -0.15) is 0 Å². The molecule has 0 radical (unpaired) electrons. The number of hydrogen-bond acceptors (Lipinski definition) is 5. The highest BCUT2D eigenvalue weighted by Gasteiger charge is 1.74. The van der Waals surface area contributed by atoms with E-state index in [4.69, 9.17) is 25.5 Å². The molecule has 0 fully saturated rings. The quantitative estimate of drug-likeness (QED) is 0.471. The first kappa shape index (κ1) is 31.9. The molecule has 0 amide bonds. The molecule has 0 rings (SSSR count). The van der Waals surface area contributed by atoms with E-state index in [2.05, 4.69) is 26.3 Å². The van der Waals surface area contributed by atoms with Crippen molar-refractivity contribution in [3.63, 3.8) is 0 Å². The van der Waals surface area contributed by atoms with Crippen LogP contribution in [0.1, 0.15) is 6.92 Å². The number of carboxylic acids is 4. The van der Waals surface area contributed by atoms with Gasteiger partial charge in [0.05, 0.1) is 0 Å². The van der Waals surface area contributed by atoms with Gasteiger partial charge < -0.3 is 25.5 Å². The Morgan fingerprint density at radius 3 is 0.696 bits per heavy atom. The Morgan fingerprint density at radius 1 is 0.652 bits per heavy atom. The number of aliphatic hydroxyl groups is 1. The third-order valence-corrected chi connectivity index (χ3v) is 0.698. The summed E-state index contributed by atoms with van der Waals surface area (Å²) in [6.07, 6.45) is 3.33. The lowest BCUT2D eigenvalue weighted by atomic mass is 10.7. The minimum Gasteiger partial charge on any atom is -0.478 e. The summed E-state index contributed by atoms with van der Waals surface area (Å²) in [4.78, 5) is 37.0. The van der Waals surface area contributed by atoms with Crippen LogP contribution in [0.3, 0.4) is 0 Å². The zero-order valence-electron chi connectivity index (χ0n) is 12.7. The van der Waals surface area contributed by atoms with Crippen LogP contribution < -0.4 is 0 Å². The van der Waals surface area contributed by atoms with Gasteiger partial charge >= 0.3 is 23.9 Å². The molecule has 132 valence electrons. The van der Waals surface area contributed by atoms with Gasteiger partial charge in [0.15, 0.2) is 0 Å². The molecule has 0 unspecified atom stereocenters. The molecule has 0 aliphatic rings. The highest BCUT2D eigenvalue weighted by molar-refractivity contribution is 5.79. The predicted molar refractivity (Wildman–Crippen MR) is 84.1 cm³/mol. The van der Waals surface area contributed by atoms with Crippen LogP contribution in [0.4, 0.5) is 0 Å². The van der Waals surface area contributed by atoms with E-state index in [1.54, 1.807) is 6.92 Å². The lowest BCUT2D eigenvalue weighted by molar-refractivity contribution is -0.132. The van der Waals surface area contributed by atoms with E-state index in [0.717, 1.165) is 24.3 Å². The normalized spacial score (nSPS) is 6.35. The third kappa shape index (κ3) is 230. The van der Waals surface area contributed by atoms with Crippen LogP contribution in [0.5, 0.6) is 0 Å². The standard InChI is InChI=1S/4C3H4O2.C2H6O/c4*1-2-3(4)5;1-2-3/h4*2H,1H2,(H,4,5);3H,2H2,1H3. The average molecular weight is 334 g/mol. The lowest BCUT2D eigenvalue weighted by Crippen LogP contribution is -1.82. The van der Waals surface area contributed by atoms with E-state index in [9.17, 15) is 19.2 Å². The van der Waals surface area contributed by atoms with Gasteiger partial charge in [-0.15, -0.1) is 0 Å². The van der Waals surface area contributed by atoms with Gasteiger partial charge in [-0.1, -0.05) is 26.3 Å². The molecular formula is C14H22O9. The molecule has 0 heterocycles. The molecule has 0 saturated carbocycles. The zero-order valence-corrected chi connectivity index (χ0v) is 12.7. The van der Waals surface area contributed by atoms with Crippen molar-refractivity contribution < 1.29 is 44.7 Å². The topological polar surface area (TPSA) is 169 Å². The minimum absolute atomic E-state index is 0.250. The number of carboxylic acid groups (broad SMARTS) is 4. The van der Waals surface area contributed by atoms with Crippen LogP contribution in [0, 0.1) is 0 Å². The molecule has 0 saturated heterocycles. The molecular weight excluding hydrogens is 312 g/mol. The maximum Gasteiger partial charge on any atom is 0.327 e. The molecule has 0 spiro atoms. The second-order valence-corrected chi connectivity index (χ2v) is 2.49. The average Bonchev–Trinajstić information content (AvgIpc) is 2.49. The number of aliphatic hydroxyl groups excluding tert-OH is 1. The summed E-state index contributed by atoms with van der Waals surface area (Å²) in [5.74, 6) is -3.93. The zero-order chi connectivity index (χ0) is 19.8. The first-order valence-electron chi connectivity index (χ1n) is 5.52. The molecule has 0 aliphatic heterocycles.